The first-order valence-electron chi connectivity index (χ1n) is 8.00. The third kappa shape index (κ3) is 2.61. The summed E-state index contributed by atoms with van der Waals surface area (Å²) in [5, 5.41) is 8.75. The number of hydrogen-bond donors (Lipinski definition) is 1. The Hall–Kier alpha value is -3.54. The number of amides is 1. The summed E-state index contributed by atoms with van der Waals surface area (Å²) >= 11 is 0. The largest absolute Gasteiger partial charge is 0.320 e. The first kappa shape index (κ1) is 16.0. The third-order valence-electron chi connectivity index (χ3n) is 4.27. The molecule has 1 heterocycles. The van der Waals surface area contributed by atoms with Crippen molar-refractivity contribution in [2.75, 3.05) is 5.32 Å². The lowest BCUT2D eigenvalue weighted by molar-refractivity contribution is 0.101. The van der Waals surface area contributed by atoms with E-state index in [0.29, 0.717) is 11.2 Å². The van der Waals surface area contributed by atoms with E-state index in [9.17, 15) is 14.0 Å². The fourth-order valence-electron chi connectivity index (χ4n) is 3.01. The molecule has 0 aliphatic carbocycles. The summed E-state index contributed by atoms with van der Waals surface area (Å²) in [5.41, 5.74) is 0.156. The molecule has 0 fully saturated rings. The first-order valence-corrected chi connectivity index (χ1v) is 8.00. The van der Waals surface area contributed by atoms with E-state index in [0.717, 1.165) is 16.8 Å². The molecular weight excluding hydrogens is 333 g/mol. The molecule has 0 saturated carbocycles. The topological polar surface area (TPSA) is 64.0 Å². The fraction of sp³-hybridized carbons (Fsp3) is 0.0500. The normalized spacial score (nSPS) is 11.0. The van der Waals surface area contributed by atoms with Crippen molar-refractivity contribution in [3.05, 3.63) is 82.4 Å². The van der Waals surface area contributed by atoms with Crippen LogP contribution in [0, 0.1) is 5.82 Å². The highest BCUT2D eigenvalue weighted by Crippen LogP contribution is 2.23. The number of anilines is 1. The monoisotopic (exact) mass is 347 g/mol. The van der Waals surface area contributed by atoms with E-state index in [1.54, 1.807) is 13.1 Å². The maximum absolute atomic E-state index is 13.5. The highest BCUT2D eigenvalue weighted by molar-refractivity contribution is 6.09. The standard InChI is InChI=1S/C20H14FN3O2/c1-24-17-10-9-13(21)11-15(17)19(25)18(23-24)20(26)22-16-8-4-6-12-5-2-3-7-14(12)16/h2-11H,1H3,(H,22,26). The molecule has 0 saturated heterocycles. The second-order valence-corrected chi connectivity index (χ2v) is 5.94. The molecule has 0 atom stereocenters. The number of hydrogen-bond acceptors (Lipinski definition) is 3. The zero-order chi connectivity index (χ0) is 18.3. The van der Waals surface area contributed by atoms with Crippen molar-refractivity contribution in [3.63, 3.8) is 0 Å². The average Bonchev–Trinajstić information content (AvgIpc) is 2.65. The summed E-state index contributed by atoms with van der Waals surface area (Å²) in [7, 11) is 1.61. The van der Waals surface area contributed by atoms with Crippen LogP contribution >= 0.6 is 0 Å². The minimum atomic E-state index is -0.631. The number of fused-ring (bicyclic) bond motifs is 2. The molecule has 0 aliphatic heterocycles. The van der Waals surface area contributed by atoms with Crippen LogP contribution in [-0.4, -0.2) is 15.7 Å². The smallest absolute Gasteiger partial charge is 0.280 e. The van der Waals surface area contributed by atoms with Crippen LogP contribution in [0.15, 0.2) is 65.5 Å². The lowest BCUT2D eigenvalue weighted by atomic mass is 10.1. The Labute approximate surface area is 147 Å². The first-order chi connectivity index (χ1) is 12.5. The van der Waals surface area contributed by atoms with Crippen LogP contribution in [0.1, 0.15) is 10.5 Å². The summed E-state index contributed by atoms with van der Waals surface area (Å²) < 4.78 is 14.9. The van der Waals surface area contributed by atoms with Gasteiger partial charge in [0.25, 0.3) is 5.91 Å². The molecule has 0 spiro atoms. The van der Waals surface area contributed by atoms with Crippen molar-refractivity contribution in [3.8, 4) is 0 Å². The van der Waals surface area contributed by atoms with Crippen LogP contribution in [0.5, 0.6) is 0 Å². The summed E-state index contributed by atoms with van der Waals surface area (Å²) in [6, 6.07) is 16.9. The number of halogens is 1. The Kier molecular flexibility index (Phi) is 3.73. The number of aryl methyl sites for hydroxylation is 1. The molecule has 4 aromatic rings. The van der Waals surface area contributed by atoms with Gasteiger partial charge in [-0.15, -0.1) is 0 Å². The highest BCUT2D eigenvalue weighted by Gasteiger charge is 2.18. The van der Waals surface area contributed by atoms with Crippen LogP contribution in [0.25, 0.3) is 21.7 Å². The van der Waals surface area contributed by atoms with Crippen LogP contribution in [-0.2, 0) is 7.05 Å². The van der Waals surface area contributed by atoms with Crippen LogP contribution in [0.3, 0.4) is 0 Å². The molecule has 6 heteroatoms. The summed E-state index contributed by atoms with van der Waals surface area (Å²) in [6.45, 7) is 0. The van der Waals surface area contributed by atoms with E-state index in [2.05, 4.69) is 10.4 Å². The van der Waals surface area contributed by atoms with Crippen LogP contribution < -0.4 is 10.7 Å². The van der Waals surface area contributed by atoms with Crippen LogP contribution in [0.2, 0.25) is 0 Å². The van der Waals surface area contributed by atoms with Gasteiger partial charge < -0.3 is 5.32 Å². The number of carbonyl (C=O) groups is 1. The SMILES string of the molecule is Cn1nc(C(=O)Nc2cccc3ccccc23)c(=O)c2cc(F)ccc21. The van der Waals surface area contributed by atoms with E-state index < -0.39 is 17.2 Å². The molecule has 128 valence electrons. The molecule has 0 aliphatic rings. The molecule has 4 rings (SSSR count). The van der Waals surface area contributed by atoms with Gasteiger partial charge in [-0.05, 0) is 29.7 Å². The van der Waals surface area contributed by atoms with Crippen molar-refractivity contribution in [1.29, 1.82) is 0 Å². The zero-order valence-corrected chi connectivity index (χ0v) is 13.9. The maximum atomic E-state index is 13.5. The fourth-order valence-corrected chi connectivity index (χ4v) is 3.01. The lowest BCUT2D eigenvalue weighted by Gasteiger charge is -2.10. The van der Waals surface area contributed by atoms with Gasteiger partial charge in [-0.1, -0.05) is 36.4 Å². The van der Waals surface area contributed by atoms with Gasteiger partial charge in [-0.2, -0.15) is 5.10 Å². The number of benzene rings is 3. The van der Waals surface area contributed by atoms with Gasteiger partial charge in [0, 0.05) is 18.1 Å². The van der Waals surface area contributed by atoms with Gasteiger partial charge in [-0.3, -0.25) is 14.3 Å². The Balaban J connectivity index is 1.81. The highest BCUT2D eigenvalue weighted by atomic mass is 19.1. The molecular formula is C20H14FN3O2. The lowest BCUT2D eigenvalue weighted by Crippen LogP contribution is -2.26. The molecule has 5 nitrogen and oxygen atoms in total. The van der Waals surface area contributed by atoms with Crippen LogP contribution in [0.4, 0.5) is 10.1 Å². The van der Waals surface area contributed by atoms with Crippen molar-refractivity contribution in [2.24, 2.45) is 7.05 Å². The Morgan fingerprint density at radius 3 is 2.65 bits per heavy atom. The molecule has 3 aromatic carbocycles. The molecule has 0 unspecified atom stereocenters. The van der Waals surface area contributed by atoms with E-state index in [1.807, 2.05) is 36.4 Å². The Morgan fingerprint density at radius 2 is 1.81 bits per heavy atom. The summed E-state index contributed by atoms with van der Waals surface area (Å²) in [6.07, 6.45) is 0. The number of rotatable bonds is 2. The summed E-state index contributed by atoms with van der Waals surface area (Å²) in [4.78, 5) is 25.3. The van der Waals surface area contributed by atoms with E-state index in [1.165, 1.54) is 16.8 Å². The Bertz CT molecular complexity index is 1230. The molecule has 0 bridgehead atoms. The minimum Gasteiger partial charge on any atom is -0.320 e. The second kappa shape index (κ2) is 6.07. The number of carbonyl (C=O) groups excluding carboxylic acids is 1. The van der Waals surface area contributed by atoms with Gasteiger partial charge in [0.1, 0.15) is 5.82 Å². The molecule has 0 radical (unpaired) electrons. The number of nitrogens with zero attached hydrogens (tertiary/aromatic N) is 2. The van der Waals surface area contributed by atoms with Crippen molar-refractivity contribution in [2.45, 2.75) is 0 Å². The van der Waals surface area contributed by atoms with Gasteiger partial charge >= 0.3 is 0 Å². The third-order valence-corrected chi connectivity index (χ3v) is 4.27. The van der Waals surface area contributed by atoms with E-state index >= 15 is 0 Å². The Morgan fingerprint density at radius 1 is 1.04 bits per heavy atom. The maximum Gasteiger partial charge on any atom is 0.280 e. The molecule has 1 amide bonds. The molecule has 1 N–H and O–H groups in total. The van der Waals surface area contributed by atoms with Gasteiger partial charge in [0.15, 0.2) is 5.69 Å². The predicted molar refractivity (Wildman–Crippen MR) is 98.8 cm³/mol. The van der Waals surface area contributed by atoms with Crippen molar-refractivity contribution < 1.29 is 9.18 Å². The minimum absolute atomic E-state index is 0.116. The number of aromatic nitrogens is 2. The number of nitrogens with one attached hydrogen (secondary N) is 1. The molecule has 1 aromatic heterocycles. The quantitative estimate of drug-likeness (QED) is 0.604. The zero-order valence-electron chi connectivity index (χ0n) is 13.9. The van der Waals surface area contributed by atoms with E-state index in [-0.39, 0.29) is 11.1 Å². The van der Waals surface area contributed by atoms with E-state index in [4.69, 9.17) is 0 Å². The van der Waals surface area contributed by atoms with Gasteiger partial charge in [0.05, 0.1) is 10.9 Å². The van der Waals surface area contributed by atoms with Crippen molar-refractivity contribution in [1.82, 2.24) is 9.78 Å². The predicted octanol–water partition coefficient (Wildman–Crippen LogP) is 3.48. The van der Waals surface area contributed by atoms with Gasteiger partial charge in [-0.25, -0.2) is 4.39 Å². The molecule has 26 heavy (non-hydrogen) atoms. The van der Waals surface area contributed by atoms with Gasteiger partial charge in [0.2, 0.25) is 5.43 Å². The second-order valence-electron chi connectivity index (χ2n) is 5.94. The average molecular weight is 347 g/mol. The summed E-state index contributed by atoms with van der Waals surface area (Å²) in [5.74, 6) is -1.17. The van der Waals surface area contributed by atoms with Crippen molar-refractivity contribution >= 4 is 33.3 Å².